The highest BCUT2D eigenvalue weighted by atomic mass is 32.2. The molecular formula is C35H58N4O4S. The third-order valence-corrected chi connectivity index (χ3v) is 12.5. The van der Waals surface area contributed by atoms with E-state index in [0.29, 0.717) is 38.3 Å². The first kappa shape index (κ1) is 35.4. The van der Waals surface area contributed by atoms with Crippen LogP contribution in [0.15, 0.2) is 29.2 Å². The molecule has 3 bridgehead atoms. The summed E-state index contributed by atoms with van der Waals surface area (Å²) in [5, 5.41) is 19.0. The van der Waals surface area contributed by atoms with E-state index in [2.05, 4.69) is 62.6 Å². The fraction of sp³-hybridized carbons (Fsp3) is 0.771. The third kappa shape index (κ3) is 8.07. The SMILES string of the molecule is C[C@@H]1CC2C[C@@]3(CCC2=O)C[C@]1(C)[C@H](OC(=O)CSc1ccc(CNCCCN)cc1)C[C@](C)(CNCCCN)[C@@H](O)[C@@H]3C. The Balaban J connectivity index is 1.53. The third-order valence-electron chi connectivity index (χ3n) is 11.5. The average Bonchev–Trinajstić information content (AvgIpc) is 3.10. The van der Waals surface area contributed by atoms with Crippen molar-refractivity contribution in [2.45, 2.75) is 103 Å². The van der Waals surface area contributed by atoms with Gasteiger partial charge in [-0.1, -0.05) is 39.8 Å². The normalized spacial score (nSPS) is 35.4. The van der Waals surface area contributed by atoms with Crippen LogP contribution in [0.2, 0.25) is 0 Å². The number of benzene rings is 1. The molecule has 0 aromatic heterocycles. The second kappa shape index (κ2) is 15.4. The summed E-state index contributed by atoms with van der Waals surface area (Å²) in [4.78, 5) is 27.7. The number of fused-ring (bicyclic) bond motifs is 2. The molecule has 1 unspecified atom stereocenters. The number of nitrogens with one attached hydrogen (secondary N) is 2. The number of esters is 1. The van der Waals surface area contributed by atoms with Crippen LogP contribution in [-0.4, -0.2) is 67.5 Å². The van der Waals surface area contributed by atoms with Crippen molar-refractivity contribution in [1.29, 1.82) is 0 Å². The van der Waals surface area contributed by atoms with E-state index >= 15 is 0 Å². The largest absolute Gasteiger partial charge is 0.461 e. The molecule has 44 heavy (non-hydrogen) atoms. The minimum absolute atomic E-state index is 0.0213. The number of aliphatic hydroxyl groups excluding tert-OH is 1. The number of rotatable bonds is 14. The highest BCUT2D eigenvalue weighted by molar-refractivity contribution is 8.00. The van der Waals surface area contributed by atoms with Crippen molar-refractivity contribution in [3.63, 3.8) is 0 Å². The van der Waals surface area contributed by atoms with Crippen molar-refractivity contribution in [3.8, 4) is 0 Å². The Morgan fingerprint density at radius 2 is 1.75 bits per heavy atom. The lowest BCUT2D eigenvalue weighted by atomic mass is 9.51. The van der Waals surface area contributed by atoms with Crippen LogP contribution in [-0.2, 0) is 20.9 Å². The summed E-state index contributed by atoms with van der Waals surface area (Å²) in [6, 6.07) is 8.31. The highest BCUT2D eigenvalue weighted by Gasteiger charge is 2.60. The Morgan fingerprint density at radius 3 is 2.43 bits per heavy atom. The van der Waals surface area contributed by atoms with Gasteiger partial charge in [-0.15, -0.1) is 11.8 Å². The molecule has 1 spiro atoms. The van der Waals surface area contributed by atoms with E-state index in [1.165, 1.54) is 17.3 Å². The number of thioether (sulfide) groups is 1. The molecule has 8 atom stereocenters. The van der Waals surface area contributed by atoms with Crippen LogP contribution in [0.3, 0.4) is 0 Å². The molecule has 3 saturated carbocycles. The van der Waals surface area contributed by atoms with Gasteiger partial charge in [-0.05, 0) is 106 Å². The standard InChI is InChI=1S/C35H58N4O4S/c1-24-17-27-18-35(12-11-29(27)40)22-34(24,4)30(19-33(3,32(42)25(35)2)23-39-16-6-14-37)43-31(41)21-44-28-9-7-26(8-10-28)20-38-15-5-13-36/h7-10,24-25,27,30,32,38-39,42H,5-6,11-23,36-37H2,1-4H3/t24-,25+,27?,30-,32+,33-,34+,35+/m1/s1. The van der Waals surface area contributed by atoms with Crippen LogP contribution >= 0.6 is 11.8 Å². The van der Waals surface area contributed by atoms with Gasteiger partial charge in [0.1, 0.15) is 11.9 Å². The van der Waals surface area contributed by atoms with Crippen molar-refractivity contribution < 1.29 is 19.4 Å². The fourth-order valence-electron chi connectivity index (χ4n) is 8.46. The predicted octanol–water partition coefficient (Wildman–Crippen LogP) is 4.27. The van der Waals surface area contributed by atoms with E-state index in [1.54, 1.807) is 0 Å². The lowest BCUT2D eigenvalue weighted by molar-refractivity contribution is -0.178. The first-order chi connectivity index (χ1) is 21.0. The van der Waals surface area contributed by atoms with E-state index < -0.39 is 11.5 Å². The molecule has 7 N–H and O–H groups in total. The Hall–Kier alpha value is -1.49. The summed E-state index contributed by atoms with van der Waals surface area (Å²) < 4.78 is 6.52. The molecule has 3 fully saturated rings. The lowest BCUT2D eigenvalue weighted by Crippen LogP contribution is -2.58. The van der Waals surface area contributed by atoms with Gasteiger partial charge in [-0.3, -0.25) is 9.59 Å². The second-order valence-corrected chi connectivity index (χ2v) is 15.7. The number of hydrogen-bond donors (Lipinski definition) is 5. The Labute approximate surface area is 269 Å². The first-order valence-corrected chi connectivity index (χ1v) is 17.9. The van der Waals surface area contributed by atoms with Gasteiger partial charge in [0.15, 0.2) is 0 Å². The van der Waals surface area contributed by atoms with E-state index in [0.717, 1.165) is 63.1 Å². The van der Waals surface area contributed by atoms with Crippen LogP contribution in [0.1, 0.15) is 84.6 Å². The molecule has 0 amide bonds. The molecule has 4 rings (SSSR count). The van der Waals surface area contributed by atoms with Crippen molar-refractivity contribution in [2.75, 3.05) is 38.5 Å². The van der Waals surface area contributed by atoms with Crippen molar-refractivity contribution in [1.82, 2.24) is 10.6 Å². The number of carbonyl (C=O) groups excluding carboxylic acids is 2. The summed E-state index contributed by atoms with van der Waals surface area (Å²) in [5.41, 5.74) is 11.6. The summed E-state index contributed by atoms with van der Waals surface area (Å²) in [5.74, 6) is 0.644. The first-order valence-electron chi connectivity index (χ1n) is 16.9. The molecule has 0 saturated heterocycles. The number of Topliss-reactive ketones (excluding diaryl/α,β-unsaturated/α-hetero) is 1. The van der Waals surface area contributed by atoms with Gasteiger partial charge in [0, 0.05) is 41.2 Å². The quantitative estimate of drug-likeness (QED) is 0.116. The van der Waals surface area contributed by atoms with Gasteiger partial charge in [0.2, 0.25) is 0 Å². The number of aliphatic hydroxyl groups is 1. The molecule has 1 aromatic carbocycles. The molecule has 248 valence electrons. The van der Waals surface area contributed by atoms with Gasteiger partial charge >= 0.3 is 5.97 Å². The molecular weight excluding hydrogens is 572 g/mol. The van der Waals surface area contributed by atoms with E-state index in [-0.39, 0.29) is 46.4 Å². The number of ether oxygens (including phenoxy) is 1. The van der Waals surface area contributed by atoms with E-state index in [9.17, 15) is 14.7 Å². The van der Waals surface area contributed by atoms with Crippen molar-refractivity contribution in [2.24, 2.45) is 45.5 Å². The molecule has 9 heteroatoms. The Kier molecular flexibility index (Phi) is 12.4. The molecule has 0 heterocycles. The van der Waals surface area contributed by atoms with E-state index in [1.807, 2.05) is 0 Å². The van der Waals surface area contributed by atoms with Gasteiger partial charge in [-0.2, -0.15) is 0 Å². The molecule has 3 aliphatic rings. The summed E-state index contributed by atoms with van der Waals surface area (Å²) in [6.07, 6.45) is 5.35. The Bertz CT molecular complexity index is 1100. The maximum absolute atomic E-state index is 13.6. The Morgan fingerprint density at radius 1 is 1.07 bits per heavy atom. The zero-order valence-corrected chi connectivity index (χ0v) is 28.4. The van der Waals surface area contributed by atoms with Gasteiger partial charge in [0.25, 0.3) is 0 Å². The average molecular weight is 631 g/mol. The van der Waals surface area contributed by atoms with Gasteiger partial charge in [0.05, 0.1) is 11.9 Å². The predicted molar refractivity (Wildman–Crippen MR) is 178 cm³/mol. The molecule has 0 aliphatic heterocycles. The van der Waals surface area contributed by atoms with Gasteiger partial charge in [-0.25, -0.2) is 0 Å². The summed E-state index contributed by atoms with van der Waals surface area (Å²) in [6.45, 7) is 13.3. The maximum Gasteiger partial charge on any atom is 0.316 e. The second-order valence-electron chi connectivity index (χ2n) is 14.7. The maximum atomic E-state index is 13.6. The topological polar surface area (TPSA) is 140 Å². The molecule has 8 nitrogen and oxygen atoms in total. The number of nitrogens with two attached hydrogens (primary N) is 2. The lowest BCUT2D eigenvalue weighted by Gasteiger charge is -2.56. The zero-order valence-electron chi connectivity index (χ0n) is 27.5. The van der Waals surface area contributed by atoms with Crippen LogP contribution in [0, 0.1) is 34.0 Å². The highest BCUT2D eigenvalue weighted by Crippen LogP contribution is 2.63. The van der Waals surface area contributed by atoms with Crippen LogP contribution in [0.4, 0.5) is 0 Å². The van der Waals surface area contributed by atoms with E-state index in [4.69, 9.17) is 16.2 Å². The van der Waals surface area contributed by atoms with Gasteiger partial charge < -0.3 is 31.9 Å². The fourth-order valence-corrected chi connectivity index (χ4v) is 9.14. The zero-order chi connectivity index (χ0) is 32.0. The molecule has 1 aromatic rings. The van der Waals surface area contributed by atoms with Crippen molar-refractivity contribution in [3.05, 3.63) is 29.8 Å². The summed E-state index contributed by atoms with van der Waals surface area (Å²) >= 11 is 1.50. The van der Waals surface area contributed by atoms with Crippen LogP contribution in [0.5, 0.6) is 0 Å². The van der Waals surface area contributed by atoms with Crippen LogP contribution in [0.25, 0.3) is 0 Å². The molecule has 3 aliphatic carbocycles. The van der Waals surface area contributed by atoms with Crippen LogP contribution < -0.4 is 22.1 Å². The monoisotopic (exact) mass is 630 g/mol. The minimum Gasteiger partial charge on any atom is -0.461 e. The van der Waals surface area contributed by atoms with Crippen molar-refractivity contribution >= 4 is 23.5 Å². The minimum atomic E-state index is -0.585. The number of carbonyl (C=O) groups is 2. The molecule has 0 radical (unpaired) electrons. The smallest absolute Gasteiger partial charge is 0.316 e. The number of hydrogen-bond acceptors (Lipinski definition) is 9. The number of ketones is 1. The summed E-state index contributed by atoms with van der Waals surface area (Å²) in [7, 11) is 0.